The van der Waals surface area contributed by atoms with E-state index < -0.39 is 10.8 Å². The Morgan fingerprint density at radius 1 is 1.28 bits per heavy atom. The Morgan fingerprint density at radius 2 is 1.83 bits per heavy atom. The largest absolute Gasteiger partial charge is 0.466 e. The summed E-state index contributed by atoms with van der Waals surface area (Å²) in [6.07, 6.45) is 2.08. The van der Waals surface area contributed by atoms with Gasteiger partial charge in [0.25, 0.3) is 0 Å². The van der Waals surface area contributed by atoms with E-state index in [2.05, 4.69) is 0 Å². The zero-order valence-corrected chi connectivity index (χ0v) is 10.7. The van der Waals surface area contributed by atoms with Gasteiger partial charge >= 0.3 is 5.97 Å². The van der Waals surface area contributed by atoms with E-state index in [-0.39, 0.29) is 43.3 Å². The fourth-order valence-corrected chi connectivity index (χ4v) is 3.24. The zero-order chi connectivity index (χ0) is 13.4. The van der Waals surface area contributed by atoms with Crippen molar-refractivity contribution in [3.05, 3.63) is 0 Å². The Bertz CT molecular complexity index is 382. The van der Waals surface area contributed by atoms with E-state index in [1.54, 1.807) is 6.92 Å². The third-order valence-electron chi connectivity index (χ3n) is 4.38. The Hall–Kier alpha value is -1.23. The summed E-state index contributed by atoms with van der Waals surface area (Å²) in [5, 5.41) is 0. The minimum absolute atomic E-state index is 0.0179. The van der Waals surface area contributed by atoms with Crippen LogP contribution in [-0.2, 0) is 19.1 Å². The van der Waals surface area contributed by atoms with Crippen LogP contribution in [-0.4, -0.2) is 30.7 Å². The molecule has 2 aliphatic rings. The lowest BCUT2D eigenvalue weighted by Crippen LogP contribution is -2.49. The van der Waals surface area contributed by atoms with Gasteiger partial charge in [0, 0.05) is 24.8 Å². The molecule has 0 aromatic carbocycles. The van der Waals surface area contributed by atoms with Gasteiger partial charge in [-0.15, -0.1) is 0 Å². The topological polar surface area (TPSA) is 86.5 Å². The van der Waals surface area contributed by atoms with E-state index >= 15 is 0 Å². The summed E-state index contributed by atoms with van der Waals surface area (Å²) in [5.41, 5.74) is 4.06. The number of rotatable bonds is 5. The fraction of sp³-hybridized carbons (Fsp3) is 0.769. The summed E-state index contributed by atoms with van der Waals surface area (Å²) in [4.78, 5) is 35.9. The second-order valence-corrected chi connectivity index (χ2v) is 5.22. The second kappa shape index (κ2) is 4.46. The lowest BCUT2D eigenvalue weighted by molar-refractivity contribution is -0.148. The van der Waals surface area contributed by atoms with Crippen LogP contribution in [0.1, 0.15) is 39.0 Å². The maximum absolute atomic E-state index is 12.1. The van der Waals surface area contributed by atoms with Crippen LogP contribution in [0, 0.1) is 10.8 Å². The van der Waals surface area contributed by atoms with Crippen LogP contribution >= 0.6 is 0 Å². The Labute approximate surface area is 106 Å². The van der Waals surface area contributed by atoms with E-state index in [4.69, 9.17) is 10.5 Å². The van der Waals surface area contributed by atoms with Gasteiger partial charge in [-0.25, -0.2) is 0 Å². The smallest absolute Gasteiger partial charge is 0.306 e. The van der Waals surface area contributed by atoms with Crippen LogP contribution in [0.5, 0.6) is 0 Å². The van der Waals surface area contributed by atoms with Crippen molar-refractivity contribution in [1.82, 2.24) is 0 Å². The molecule has 0 aliphatic heterocycles. The number of Topliss-reactive ketones (excluding diaryl/α,β-unsaturated/α-hetero) is 2. The molecule has 0 atom stereocenters. The van der Waals surface area contributed by atoms with Gasteiger partial charge in [-0.1, -0.05) is 0 Å². The summed E-state index contributed by atoms with van der Waals surface area (Å²) in [7, 11) is 0. The lowest BCUT2D eigenvalue weighted by Gasteiger charge is -2.33. The first kappa shape index (κ1) is 13.2. The van der Waals surface area contributed by atoms with Crippen molar-refractivity contribution in [3.8, 4) is 0 Å². The Kier molecular flexibility index (Phi) is 3.27. The highest BCUT2D eigenvalue weighted by atomic mass is 16.5. The van der Waals surface area contributed by atoms with Crippen molar-refractivity contribution < 1.29 is 19.1 Å². The number of carbonyl (C=O) groups excluding carboxylic acids is 3. The van der Waals surface area contributed by atoms with Gasteiger partial charge in [0.05, 0.1) is 13.0 Å². The number of nitrogens with two attached hydrogens (primary N) is 1. The molecule has 0 radical (unpaired) electrons. The van der Waals surface area contributed by atoms with Crippen LogP contribution in [0.25, 0.3) is 0 Å². The summed E-state index contributed by atoms with van der Waals surface area (Å²) >= 11 is 0. The van der Waals surface area contributed by atoms with Crippen molar-refractivity contribution in [2.75, 3.05) is 13.2 Å². The van der Waals surface area contributed by atoms with Crippen LogP contribution in [0.2, 0.25) is 0 Å². The Morgan fingerprint density at radius 3 is 2.22 bits per heavy atom. The average molecular weight is 253 g/mol. The highest BCUT2D eigenvalue weighted by molar-refractivity contribution is 6.14. The van der Waals surface area contributed by atoms with E-state index in [1.807, 2.05) is 0 Å². The normalized spacial score (nSPS) is 24.1. The summed E-state index contributed by atoms with van der Waals surface area (Å²) in [6.45, 7) is 2.07. The minimum atomic E-state index is -1.11. The lowest BCUT2D eigenvalue weighted by atomic mass is 9.68. The van der Waals surface area contributed by atoms with Gasteiger partial charge < -0.3 is 10.5 Å². The molecule has 5 nitrogen and oxygen atoms in total. The molecular formula is C13H19NO4. The van der Waals surface area contributed by atoms with Crippen LogP contribution < -0.4 is 5.73 Å². The molecule has 5 heteroatoms. The molecule has 0 amide bonds. The molecule has 0 aromatic heterocycles. The molecule has 0 saturated heterocycles. The first-order valence-corrected chi connectivity index (χ1v) is 6.45. The maximum atomic E-state index is 12.1. The molecule has 2 rings (SSSR count). The molecule has 0 bridgehead atoms. The molecule has 0 spiro atoms. The molecule has 18 heavy (non-hydrogen) atoms. The van der Waals surface area contributed by atoms with Crippen molar-refractivity contribution in [2.45, 2.75) is 39.0 Å². The molecule has 2 fully saturated rings. The van der Waals surface area contributed by atoms with Crippen LogP contribution in [0.4, 0.5) is 0 Å². The molecule has 0 aromatic rings. The number of ether oxygens (including phenoxy) is 1. The van der Waals surface area contributed by atoms with E-state index in [1.165, 1.54) is 0 Å². The van der Waals surface area contributed by atoms with Crippen molar-refractivity contribution in [2.24, 2.45) is 16.6 Å². The number of hydrogen-bond acceptors (Lipinski definition) is 5. The van der Waals surface area contributed by atoms with Crippen LogP contribution in [0.15, 0.2) is 0 Å². The first-order valence-electron chi connectivity index (χ1n) is 6.45. The predicted octanol–water partition coefficient (Wildman–Crippen LogP) is 0.597. The Balaban J connectivity index is 2.25. The minimum Gasteiger partial charge on any atom is -0.466 e. The number of ketones is 2. The van der Waals surface area contributed by atoms with E-state index in [9.17, 15) is 14.4 Å². The molecular weight excluding hydrogens is 234 g/mol. The summed E-state index contributed by atoms with van der Waals surface area (Å²) in [5.74, 6) is -0.510. The van der Waals surface area contributed by atoms with E-state index in [0.29, 0.717) is 19.4 Å². The molecule has 100 valence electrons. The number of hydrogen-bond donors (Lipinski definition) is 1. The molecule has 2 aliphatic carbocycles. The third-order valence-corrected chi connectivity index (χ3v) is 4.38. The van der Waals surface area contributed by atoms with Gasteiger partial charge in [-0.05, 0) is 19.8 Å². The molecule has 0 unspecified atom stereocenters. The molecule has 2 N–H and O–H groups in total. The summed E-state index contributed by atoms with van der Waals surface area (Å²) < 4.78 is 4.93. The number of carbonyl (C=O) groups is 3. The fourth-order valence-electron chi connectivity index (χ4n) is 3.24. The number of esters is 1. The van der Waals surface area contributed by atoms with Gasteiger partial charge in [-0.3, -0.25) is 14.4 Å². The zero-order valence-electron chi connectivity index (χ0n) is 10.7. The monoisotopic (exact) mass is 253 g/mol. The maximum Gasteiger partial charge on any atom is 0.306 e. The van der Waals surface area contributed by atoms with Crippen molar-refractivity contribution in [3.63, 3.8) is 0 Å². The van der Waals surface area contributed by atoms with Crippen LogP contribution in [0.3, 0.4) is 0 Å². The highest BCUT2D eigenvalue weighted by Gasteiger charge is 2.68. The molecule has 0 heterocycles. The van der Waals surface area contributed by atoms with Crippen molar-refractivity contribution >= 4 is 17.5 Å². The van der Waals surface area contributed by atoms with Gasteiger partial charge in [0.15, 0.2) is 0 Å². The highest BCUT2D eigenvalue weighted by Crippen LogP contribution is 2.63. The summed E-state index contributed by atoms with van der Waals surface area (Å²) in [6, 6.07) is 0. The van der Waals surface area contributed by atoms with E-state index in [0.717, 1.165) is 0 Å². The van der Waals surface area contributed by atoms with Crippen molar-refractivity contribution in [1.29, 1.82) is 0 Å². The van der Waals surface area contributed by atoms with Gasteiger partial charge in [0.1, 0.15) is 17.0 Å². The van der Waals surface area contributed by atoms with Gasteiger partial charge in [0.2, 0.25) is 0 Å². The molecule has 2 saturated carbocycles. The second-order valence-electron chi connectivity index (χ2n) is 5.22. The standard InChI is InChI=1S/C13H19NO4/c1-2-18-11(17)7-12(5-6-12)13(8-14)9(15)3-4-10(13)16/h2-8,14H2,1H3. The average Bonchev–Trinajstić information content (AvgIpc) is 3.02. The van der Waals surface area contributed by atoms with Gasteiger partial charge in [-0.2, -0.15) is 0 Å². The first-order chi connectivity index (χ1) is 8.52. The predicted molar refractivity (Wildman–Crippen MR) is 63.7 cm³/mol. The third kappa shape index (κ3) is 1.68. The SMILES string of the molecule is CCOC(=O)CC1(C2(CN)C(=O)CCC2=O)CC1. The quantitative estimate of drug-likeness (QED) is 0.572.